The van der Waals surface area contributed by atoms with Crippen molar-refractivity contribution < 1.29 is 22.3 Å². The molecular weight excluding hydrogens is 288 g/mol. The molecule has 0 amide bonds. The predicted molar refractivity (Wildman–Crippen MR) is 69.6 cm³/mol. The molecular formula is C13H17F2NO3S. The molecule has 1 aromatic carbocycles. The van der Waals surface area contributed by atoms with E-state index in [0.717, 1.165) is 22.5 Å². The van der Waals surface area contributed by atoms with Gasteiger partial charge in [-0.15, -0.1) is 0 Å². The summed E-state index contributed by atoms with van der Waals surface area (Å²) in [6.07, 6.45) is 1.00. The van der Waals surface area contributed by atoms with E-state index in [4.69, 9.17) is 0 Å². The minimum Gasteiger partial charge on any atom is -0.389 e. The first kappa shape index (κ1) is 15.3. The van der Waals surface area contributed by atoms with Crippen molar-refractivity contribution in [2.45, 2.75) is 43.2 Å². The highest BCUT2D eigenvalue weighted by Crippen LogP contribution is 2.33. The van der Waals surface area contributed by atoms with E-state index >= 15 is 0 Å². The van der Waals surface area contributed by atoms with Crippen LogP contribution < -0.4 is 0 Å². The molecule has 1 aromatic rings. The molecule has 0 radical (unpaired) electrons. The van der Waals surface area contributed by atoms with Crippen LogP contribution in [0.1, 0.15) is 26.7 Å². The number of hydrogen-bond acceptors (Lipinski definition) is 3. The highest BCUT2D eigenvalue weighted by atomic mass is 32.2. The standard InChI is InChI=1S/C13H17F2NO3S/c1-13(2,17)11-7-4-8-16(11)20(18,19)12-9(14)5-3-6-10(12)15/h3,5-6,11,17H,4,7-8H2,1-2H3. The van der Waals surface area contributed by atoms with Crippen LogP contribution in [-0.2, 0) is 10.0 Å². The quantitative estimate of drug-likeness (QED) is 0.928. The molecule has 0 aromatic heterocycles. The molecule has 0 aliphatic carbocycles. The number of rotatable bonds is 3. The van der Waals surface area contributed by atoms with Crippen molar-refractivity contribution in [2.24, 2.45) is 0 Å². The van der Waals surface area contributed by atoms with Crippen molar-refractivity contribution in [3.05, 3.63) is 29.8 Å². The Bertz CT molecular complexity index is 590. The van der Waals surface area contributed by atoms with E-state index in [9.17, 15) is 22.3 Å². The Morgan fingerprint density at radius 3 is 2.35 bits per heavy atom. The van der Waals surface area contributed by atoms with Crippen molar-refractivity contribution in [3.8, 4) is 0 Å². The van der Waals surface area contributed by atoms with Crippen molar-refractivity contribution >= 4 is 10.0 Å². The van der Waals surface area contributed by atoms with Crippen LogP contribution in [0.4, 0.5) is 8.78 Å². The van der Waals surface area contributed by atoms with Crippen molar-refractivity contribution in [2.75, 3.05) is 6.54 Å². The zero-order valence-corrected chi connectivity index (χ0v) is 12.1. The smallest absolute Gasteiger partial charge is 0.249 e. The lowest BCUT2D eigenvalue weighted by Crippen LogP contribution is -2.48. The van der Waals surface area contributed by atoms with Gasteiger partial charge in [0, 0.05) is 6.54 Å². The van der Waals surface area contributed by atoms with Crippen molar-refractivity contribution in [3.63, 3.8) is 0 Å². The fourth-order valence-corrected chi connectivity index (χ4v) is 4.51. The third-order valence-corrected chi connectivity index (χ3v) is 5.47. The third-order valence-electron chi connectivity index (χ3n) is 3.50. The van der Waals surface area contributed by atoms with Crippen LogP contribution in [0, 0.1) is 11.6 Å². The Morgan fingerprint density at radius 1 is 1.30 bits per heavy atom. The van der Waals surface area contributed by atoms with Gasteiger partial charge in [0.2, 0.25) is 10.0 Å². The average molecular weight is 305 g/mol. The lowest BCUT2D eigenvalue weighted by Gasteiger charge is -2.33. The minimum atomic E-state index is -4.31. The van der Waals surface area contributed by atoms with Crippen LogP contribution in [0.15, 0.2) is 23.1 Å². The van der Waals surface area contributed by atoms with Gasteiger partial charge >= 0.3 is 0 Å². The average Bonchev–Trinajstić information content (AvgIpc) is 2.77. The van der Waals surface area contributed by atoms with Gasteiger partial charge in [-0.3, -0.25) is 0 Å². The molecule has 1 heterocycles. The molecule has 0 saturated carbocycles. The zero-order valence-electron chi connectivity index (χ0n) is 11.3. The molecule has 1 N–H and O–H groups in total. The zero-order chi connectivity index (χ0) is 15.1. The van der Waals surface area contributed by atoms with Gasteiger partial charge in [-0.2, -0.15) is 4.31 Å². The van der Waals surface area contributed by atoms with E-state index in [1.54, 1.807) is 0 Å². The first-order chi connectivity index (χ1) is 9.15. The second kappa shape index (κ2) is 5.05. The molecule has 1 aliphatic rings. The number of aliphatic hydroxyl groups is 1. The molecule has 1 fully saturated rings. The monoisotopic (exact) mass is 305 g/mol. The Balaban J connectivity index is 2.51. The Morgan fingerprint density at radius 2 is 1.85 bits per heavy atom. The Kier molecular flexibility index (Phi) is 3.88. The van der Waals surface area contributed by atoms with E-state index in [2.05, 4.69) is 0 Å². The lowest BCUT2D eigenvalue weighted by atomic mass is 9.98. The van der Waals surface area contributed by atoms with E-state index in [1.165, 1.54) is 13.8 Å². The van der Waals surface area contributed by atoms with Gasteiger partial charge in [-0.1, -0.05) is 6.07 Å². The Labute approximate surface area is 117 Å². The van der Waals surface area contributed by atoms with E-state index in [1.807, 2.05) is 0 Å². The second-order valence-electron chi connectivity index (χ2n) is 5.48. The largest absolute Gasteiger partial charge is 0.389 e. The van der Waals surface area contributed by atoms with Crippen LogP contribution >= 0.6 is 0 Å². The lowest BCUT2D eigenvalue weighted by molar-refractivity contribution is 0.0214. The summed E-state index contributed by atoms with van der Waals surface area (Å²) in [7, 11) is -4.31. The van der Waals surface area contributed by atoms with Gasteiger partial charge < -0.3 is 5.11 Å². The van der Waals surface area contributed by atoms with Gasteiger partial charge in [0.15, 0.2) is 4.90 Å². The topological polar surface area (TPSA) is 57.6 Å². The number of benzene rings is 1. The normalized spacial score (nSPS) is 21.4. The summed E-state index contributed by atoms with van der Waals surface area (Å²) in [4.78, 5) is -0.948. The molecule has 4 nitrogen and oxygen atoms in total. The van der Waals surface area contributed by atoms with Gasteiger partial charge in [0.25, 0.3) is 0 Å². The fraction of sp³-hybridized carbons (Fsp3) is 0.538. The second-order valence-corrected chi connectivity index (χ2v) is 7.31. The third kappa shape index (κ3) is 2.57. The van der Waals surface area contributed by atoms with E-state index in [0.29, 0.717) is 12.8 Å². The van der Waals surface area contributed by atoms with Crippen LogP contribution in [0.2, 0.25) is 0 Å². The van der Waals surface area contributed by atoms with Gasteiger partial charge in [-0.25, -0.2) is 17.2 Å². The minimum absolute atomic E-state index is 0.144. The summed E-state index contributed by atoms with van der Waals surface area (Å²) in [5, 5.41) is 10.0. The molecule has 7 heteroatoms. The van der Waals surface area contributed by atoms with E-state index < -0.39 is 38.2 Å². The van der Waals surface area contributed by atoms with Crippen LogP contribution in [0.25, 0.3) is 0 Å². The van der Waals surface area contributed by atoms with Gasteiger partial charge in [-0.05, 0) is 38.8 Å². The van der Waals surface area contributed by atoms with Crippen molar-refractivity contribution in [1.29, 1.82) is 0 Å². The molecule has 20 heavy (non-hydrogen) atoms. The molecule has 2 rings (SSSR count). The van der Waals surface area contributed by atoms with E-state index in [-0.39, 0.29) is 6.54 Å². The maximum atomic E-state index is 13.7. The molecule has 1 atom stereocenters. The first-order valence-electron chi connectivity index (χ1n) is 6.34. The van der Waals surface area contributed by atoms with Crippen molar-refractivity contribution in [1.82, 2.24) is 4.31 Å². The summed E-state index contributed by atoms with van der Waals surface area (Å²) >= 11 is 0. The number of sulfonamides is 1. The van der Waals surface area contributed by atoms with Crippen LogP contribution in [0.3, 0.4) is 0 Å². The first-order valence-corrected chi connectivity index (χ1v) is 7.78. The summed E-state index contributed by atoms with van der Waals surface area (Å²) in [5.41, 5.74) is -1.27. The number of hydrogen-bond donors (Lipinski definition) is 1. The summed E-state index contributed by atoms with van der Waals surface area (Å²) in [5.74, 6) is -2.24. The van der Waals surface area contributed by atoms with Gasteiger partial charge in [0.05, 0.1) is 11.6 Å². The molecule has 112 valence electrons. The molecule has 0 bridgehead atoms. The summed E-state index contributed by atoms with van der Waals surface area (Å²) < 4.78 is 53.4. The maximum absolute atomic E-state index is 13.7. The SMILES string of the molecule is CC(C)(O)C1CCCN1S(=O)(=O)c1c(F)cccc1F. The Hall–Kier alpha value is -1.05. The van der Waals surface area contributed by atoms with Crippen LogP contribution in [-0.4, -0.2) is 36.0 Å². The highest BCUT2D eigenvalue weighted by molar-refractivity contribution is 7.89. The number of halogens is 2. The van der Waals surface area contributed by atoms with Crippen LogP contribution in [0.5, 0.6) is 0 Å². The molecule has 1 unspecified atom stereocenters. The predicted octanol–water partition coefficient (Wildman–Crippen LogP) is 1.89. The summed E-state index contributed by atoms with van der Waals surface area (Å²) in [6, 6.07) is 2.24. The molecule has 1 saturated heterocycles. The summed E-state index contributed by atoms with van der Waals surface area (Å²) in [6.45, 7) is 3.12. The number of nitrogens with zero attached hydrogens (tertiary/aromatic N) is 1. The molecule has 1 aliphatic heterocycles. The van der Waals surface area contributed by atoms with Gasteiger partial charge in [0.1, 0.15) is 11.6 Å². The molecule has 0 spiro atoms. The highest BCUT2D eigenvalue weighted by Gasteiger charge is 2.44. The fourth-order valence-electron chi connectivity index (χ4n) is 2.58. The maximum Gasteiger partial charge on any atom is 0.249 e.